The molecule has 2 aliphatic carbocycles. The second kappa shape index (κ2) is 6.79. The highest BCUT2D eigenvalue weighted by molar-refractivity contribution is 4.96. The molecule has 0 aromatic heterocycles. The summed E-state index contributed by atoms with van der Waals surface area (Å²) in [5.74, 6) is 2.70. The molecule has 1 N–H and O–H groups in total. The second-order valence-corrected chi connectivity index (χ2v) is 8.17. The zero-order valence-corrected chi connectivity index (χ0v) is 14.4. The number of nitrogens with zero attached hydrogens (tertiary/aromatic N) is 1. The fraction of sp³-hybridized carbons (Fsp3) is 1.00. The Morgan fingerprint density at radius 3 is 2.40 bits per heavy atom. The van der Waals surface area contributed by atoms with Crippen LogP contribution < -0.4 is 5.32 Å². The lowest BCUT2D eigenvalue weighted by Crippen LogP contribution is -2.56. The van der Waals surface area contributed by atoms with Gasteiger partial charge in [-0.2, -0.15) is 0 Å². The van der Waals surface area contributed by atoms with Gasteiger partial charge in [0.15, 0.2) is 0 Å². The highest BCUT2D eigenvalue weighted by atomic mass is 15.2. The van der Waals surface area contributed by atoms with Crippen molar-refractivity contribution in [3.8, 4) is 0 Å². The standard InChI is InChI=1S/C18H36N2/c1-14-7-6-10-18(12-14,20(4)5)13-19-17-9-8-15(2)16(3)11-17/h14-17,19H,6-13H2,1-5H3. The molecule has 0 amide bonds. The van der Waals surface area contributed by atoms with Crippen LogP contribution in [0.15, 0.2) is 0 Å². The summed E-state index contributed by atoms with van der Waals surface area (Å²) < 4.78 is 0. The van der Waals surface area contributed by atoms with Crippen molar-refractivity contribution in [2.75, 3.05) is 20.6 Å². The van der Waals surface area contributed by atoms with Crippen molar-refractivity contribution in [2.45, 2.75) is 77.3 Å². The van der Waals surface area contributed by atoms with Crippen LogP contribution in [-0.2, 0) is 0 Å². The molecule has 2 aliphatic rings. The number of hydrogen-bond acceptors (Lipinski definition) is 2. The predicted octanol–water partition coefficient (Wildman–Crippen LogP) is 3.91. The average molecular weight is 280 g/mol. The van der Waals surface area contributed by atoms with Crippen LogP contribution >= 0.6 is 0 Å². The summed E-state index contributed by atoms with van der Waals surface area (Å²) in [5.41, 5.74) is 0.407. The van der Waals surface area contributed by atoms with E-state index in [0.717, 1.165) is 23.8 Å². The van der Waals surface area contributed by atoms with Crippen molar-refractivity contribution < 1.29 is 0 Å². The lowest BCUT2D eigenvalue weighted by molar-refractivity contribution is 0.0680. The molecule has 5 unspecified atom stereocenters. The molecule has 0 spiro atoms. The van der Waals surface area contributed by atoms with Gasteiger partial charge in [0.25, 0.3) is 0 Å². The van der Waals surface area contributed by atoms with E-state index in [2.05, 4.69) is 45.1 Å². The maximum atomic E-state index is 3.94. The molecule has 0 aliphatic heterocycles. The second-order valence-electron chi connectivity index (χ2n) is 8.17. The molecule has 2 heteroatoms. The molecular weight excluding hydrogens is 244 g/mol. The third-order valence-corrected chi connectivity index (χ3v) is 6.33. The first-order valence-electron chi connectivity index (χ1n) is 8.84. The number of rotatable bonds is 4. The zero-order valence-electron chi connectivity index (χ0n) is 14.4. The van der Waals surface area contributed by atoms with Crippen LogP contribution in [0, 0.1) is 17.8 Å². The lowest BCUT2D eigenvalue weighted by atomic mass is 9.74. The van der Waals surface area contributed by atoms with Crippen molar-refractivity contribution in [1.82, 2.24) is 10.2 Å². The number of likely N-dealkylation sites (N-methyl/N-ethyl adjacent to an activating group) is 1. The Labute approximate surface area is 126 Å². The van der Waals surface area contributed by atoms with Gasteiger partial charge in [0.05, 0.1) is 0 Å². The van der Waals surface area contributed by atoms with Crippen LogP contribution in [0.5, 0.6) is 0 Å². The summed E-state index contributed by atoms with van der Waals surface area (Å²) in [6.45, 7) is 8.48. The van der Waals surface area contributed by atoms with Gasteiger partial charge in [-0.3, -0.25) is 0 Å². The maximum Gasteiger partial charge on any atom is 0.0330 e. The molecule has 2 nitrogen and oxygen atoms in total. The first-order chi connectivity index (χ1) is 9.43. The Kier molecular flexibility index (Phi) is 5.53. The molecule has 0 bridgehead atoms. The molecule has 0 heterocycles. The minimum atomic E-state index is 0.407. The molecule has 2 rings (SSSR count). The summed E-state index contributed by atoms with van der Waals surface area (Å²) in [4.78, 5) is 2.50. The molecule has 118 valence electrons. The van der Waals surface area contributed by atoms with Gasteiger partial charge in [0.1, 0.15) is 0 Å². The largest absolute Gasteiger partial charge is 0.312 e. The zero-order chi connectivity index (χ0) is 14.8. The molecule has 0 aromatic carbocycles. The van der Waals surface area contributed by atoms with Gasteiger partial charge in [0, 0.05) is 18.1 Å². The normalized spacial score (nSPS) is 42.9. The highest BCUT2D eigenvalue weighted by Gasteiger charge is 2.37. The van der Waals surface area contributed by atoms with E-state index < -0.39 is 0 Å². The Morgan fingerprint density at radius 2 is 1.80 bits per heavy atom. The summed E-state index contributed by atoms with van der Waals surface area (Å²) in [6.07, 6.45) is 9.73. The first-order valence-corrected chi connectivity index (χ1v) is 8.84. The third kappa shape index (κ3) is 3.76. The Hall–Kier alpha value is -0.0800. The molecule has 2 saturated carbocycles. The van der Waals surface area contributed by atoms with Crippen molar-refractivity contribution >= 4 is 0 Å². The molecule has 20 heavy (non-hydrogen) atoms. The van der Waals surface area contributed by atoms with E-state index in [0.29, 0.717) is 5.54 Å². The van der Waals surface area contributed by atoms with Crippen molar-refractivity contribution in [3.63, 3.8) is 0 Å². The lowest BCUT2D eigenvalue weighted by Gasteiger charge is -2.46. The fourth-order valence-corrected chi connectivity index (χ4v) is 4.42. The van der Waals surface area contributed by atoms with Gasteiger partial charge in [-0.05, 0) is 64.0 Å². The predicted molar refractivity (Wildman–Crippen MR) is 88.0 cm³/mol. The van der Waals surface area contributed by atoms with Crippen molar-refractivity contribution in [1.29, 1.82) is 0 Å². The van der Waals surface area contributed by atoms with E-state index in [9.17, 15) is 0 Å². The minimum absolute atomic E-state index is 0.407. The third-order valence-electron chi connectivity index (χ3n) is 6.33. The number of nitrogens with one attached hydrogen (secondary N) is 1. The summed E-state index contributed by atoms with van der Waals surface area (Å²) in [7, 11) is 4.57. The Bertz CT molecular complexity index is 302. The SMILES string of the molecule is CC1CCCC(CNC2CCC(C)C(C)C2)(N(C)C)C1. The van der Waals surface area contributed by atoms with Crippen LogP contribution in [0.4, 0.5) is 0 Å². The van der Waals surface area contributed by atoms with Crippen LogP contribution in [0.25, 0.3) is 0 Å². The quantitative estimate of drug-likeness (QED) is 0.840. The topological polar surface area (TPSA) is 15.3 Å². The van der Waals surface area contributed by atoms with E-state index in [-0.39, 0.29) is 0 Å². The van der Waals surface area contributed by atoms with Crippen LogP contribution in [0.3, 0.4) is 0 Å². The monoisotopic (exact) mass is 280 g/mol. The van der Waals surface area contributed by atoms with Crippen molar-refractivity contribution in [3.05, 3.63) is 0 Å². The van der Waals surface area contributed by atoms with Gasteiger partial charge in [-0.1, -0.05) is 33.6 Å². The average Bonchev–Trinajstić information content (AvgIpc) is 2.40. The van der Waals surface area contributed by atoms with Crippen molar-refractivity contribution in [2.24, 2.45) is 17.8 Å². The molecule has 0 radical (unpaired) electrons. The Morgan fingerprint density at radius 1 is 1.05 bits per heavy atom. The summed E-state index contributed by atoms with van der Waals surface area (Å²) in [5, 5.41) is 3.94. The molecule has 2 fully saturated rings. The molecule has 0 aromatic rings. The van der Waals surface area contributed by atoms with Crippen LogP contribution in [0.2, 0.25) is 0 Å². The smallest absolute Gasteiger partial charge is 0.0330 e. The first kappa shape index (κ1) is 16.3. The highest BCUT2D eigenvalue weighted by Crippen LogP contribution is 2.36. The summed E-state index contributed by atoms with van der Waals surface area (Å²) >= 11 is 0. The molecular formula is C18H36N2. The summed E-state index contributed by atoms with van der Waals surface area (Å²) in [6, 6.07) is 0.759. The van der Waals surface area contributed by atoms with Crippen LogP contribution in [0.1, 0.15) is 65.7 Å². The van der Waals surface area contributed by atoms with E-state index in [1.807, 2.05) is 0 Å². The van der Waals surface area contributed by atoms with Gasteiger partial charge in [-0.25, -0.2) is 0 Å². The van der Waals surface area contributed by atoms with E-state index >= 15 is 0 Å². The fourth-order valence-electron chi connectivity index (χ4n) is 4.42. The Balaban J connectivity index is 1.89. The molecule has 5 atom stereocenters. The minimum Gasteiger partial charge on any atom is -0.312 e. The van der Waals surface area contributed by atoms with E-state index in [1.165, 1.54) is 51.5 Å². The van der Waals surface area contributed by atoms with Gasteiger partial charge in [0.2, 0.25) is 0 Å². The van der Waals surface area contributed by atoms with E-state index in [1.54, 1.807) is 0 Å². The van der Waals surface area contributed by atoms with Gasteiger partial charge < -0.3 is 10.2 Å². The molecule has 0 saturated heterocycles. The van der Waals surface area contributed by atoms with Crippen LogP contribution in [-0.4, -0.2) is 37.1 Å². The maximum absolute atomic E-state index is 3.94. The number of hydrogen-bond donors (Lipinski definition) is 1. The van der Waals surface area contributed by atoms with E-state index in [4.69, 9.17) is 0 Å². The van der Waals surface area contributed by atoms with Gasteiger partial charge in [-0.15, -0.1) is 0 Å². The van der Waals surface area contributed by atoms with Gasteiger partial charge >= 0.3 is 0 Å².